The minimum atomic E-state index is 0.238. The Morgan fingerprint density at radius 1 is 1.21 bits per heavy atom. The molecule has 3 heterocycles. The number of aryl methyl sites for hydroxylation is 1. The van der Waals surface area contributed by atoms with E-state index in [4.69, 9.17) is 5.73 Å². The number of nitrogen functional groups attached to an aromatic ring is 1. The molecule has 0 radical (unpaired) electrons. The van der Waals surface area contributed by atoms with Crippen LogP contribution in [0.2, 0.25) is 0 Å². The van der Waals surface area contributed by atoms with Crippen LogP contribution in [0.3, 0.4) is 0 Å². The van der Waals surface area contributed by atoms with E-state index in [1.54, 1.807) is 4.68 Å². The average Bonchev–Trinajstić information content (AvgIpc) is 3.01. The molecule has 0 bridgehead atoms. The molecule has 2 aromatic rings. The summed E-state index contributed by atoms with van der Waals surface area (Å²) in [5, 5.41) is 5.27. The third-order valence-electron chi connectivity index (χ3n) is 2.86. The Balaban J connectivity index is 1.87. The molecule has 0 amide bonds. The maximum Gasteiger partial charge on any atom is 0.231 e. The van der Waals surface area contributed by atoms with Crippen molar-refractivity contribution in [1.82, 2.24) is 29.7 Å². The van der Waals surface area contributed by atoms with Crippen LogP contribution in [-0.2, 0) is 7.05 Å². The van der Waals surface area contributed by atoms with Crippen LogP contribution in [-0.4, -0.2) is 42.8 Å². The fourth-order valence-electron chi connectivity index (χ4n) is 1.92. The van der Waals surface area contributed by atoms with Gasteiger partial charge in [0.15, 0.2) is 5.16 Å². The zero-order valence-corrected chi connectivity index (χ0v) is 11.3. The maximum atomic E-state index is 5.75. The highest BCUT2D eigenvalue weighted by Crippen LogP contribution is 2.24. The molecule has 100 valence electrons. The number of nitrogens with zero attached hydrogens (tertiary/aromatic N) is 7. The van der Waals surface area contributed by atoms with Crippen LogP contribution in [0.1, 0.15) is 12.8 Å². The first-order chi connectivity index (χ1) is 9.22. The second kappa shape index (κ2) is 5.00. The van der Waals surface area contributed by atoms with E-state index in [-0.39, 0.29) is 5.95 Å². The van der Waals surface area contributed by atoms with Crippen molar-refractivity contribution in [2.24, 2.45) is 7.05 Å². The van der Waals surface area contributed by atoms with E-state index in [0.29, 0.717) is 11.1 Å². The van der Waals surface area contributed by atoms with Crippen LogP contribution in [0.25, 0.3) is 0 Å². The lowest BCUT2D eigenvalue weighted by molar-refractivity contribution is 0.683. The summed E-state index contributed by atoms with van der Waals surface area (Å²) in [6.07, 6.45) is 3.82. The predicted molar refractivity (Wildman–Crippen MR) is 70.8 cm³/mol. The van der Waals surface area contributed by atoms with Gasteiger partial charge >= 0.3 is 0 Å². The van der Waals surface area contributed by atoms with E-state index in [2.05, 4.69) is 29.9 Å². The van der Waals surface area contributed by atoms with Gasteiger partial charge in [0.05, 0.1) is 0 Å². The summed E-state index contributed by atoms with van der Waals surface area (Å²) < 4.78 is 1.67. The lowest BCUT2D eigenvalue weighted by atomic mass is 10.4. The first-order valence-corrected chi connectivity index (χ1v) is 6.82. The standard InChI is InChI=1S/C10H14N8S/c1-17-10(12-6-13-17)19-9-15-7(11)14-8(16-9)18-4-2-3-5-18/h6H,2-5H2,1H3,(H2,11,14,15,16). The van der Waals surface area contributed by atoms with Gasteiger partial charge in [0.1, 0.15) is 6.33 Å². The van der Waals surface area contributed by atoms with E-state index >= 15 is 0 Å². The van der Waals surface area contributed by atoms with Crippen LogP contribution in [0.4, 0.5) is 11.9 Å². The minimum Gasteiger partial charge on any atom is -0.368 e. The molecule has 3 rings (SSSR count). The van der Waals surface area contributed by atoms with Gasteiger partial charge in [-0.05, 0) is 24.6 Å². The molecular weight excluding hydrogens is 264 g/mol. The van der Waals surface area contributed by atoms with Crippen molar-refractivity contribution >= 4 is 23.7 Å². The third kappa shape index (κ3) is 2.60. The monoisotopic (exact) mass is 278 g/mol. The summed E-state index contributed by atoms with van der Waals surface area (Å²) in [7, 11) is 1.82. The van der Waals surface area contributed by atoms with E-state index in [9.17, 15) is 0 Å². The fraction of sp³-hybridized carbons (Fsp3) is 0.500. The van der Waals surface area contributed by atoms with Gasteiger partial charge in [0, 0.05) is 20.1 Å². The molecule has 2 N–H and O–H groups in total. The summed E-state index contributed by atoms with van der Waals surface area (Å²) in [4.78, 5) is 19.0. The van der Waals surface area contributed by atoms with Crippen molar-refractivity contribution in [3.8, 4) is 0 Å². The molecule has 1 fully saturated rings. The number of hydrogen-bond acceptors (Lipinski definition) is 8. The van der Waals surface area contributed by atoms with Crippen molar-refractivity contribution < 1.29 is 0 Å². The molecule has 0 unspecified atom stereocenters. The van der Waals surface area contributed by atoms with Gasteiger partial charge < -0.3 is 10.6 Å². The van der Waals surface area contributed by atoms with Crippen molar-refractivity contribution in [1.29, 1.82) is 0 Å². The average molecular weight is 278 g/mol. The Hall–Kier alpha value is -1.90. The van der Waals surface area contributed by atoms with Crippen LogP contribution >= 0.6 is 11.8 Å². The smallest absolute Gasteiger partial charge is 0.231 e. The first kappa shape index (κ1) is 12.2. The Bertz CT molecular complexity index is 577. The largest absolute Gasteiger partial charge is 0.368 e. The van der Waals surface area contributed by atoms with Crippen LogP contribution in [0.15, 0.2) is 16.6 Å². The van der Waals surface area contributed by atoms with Gasteiger partial charge in [0.25, 0.3) is 0 Å². The Morgan fingerprint density at radius 2 is 2.00 bits per heavy atom. The van der Waals surface area contributed by atoms with Gasteiger partial charge in [-0.25, -0.2) is 9.67 Å². The first-order valence-electron chi connectivity index (χ1n) is 6.01. The minimum absolute atomic E-state index is 0.238. The molecular formula is C10H14N8S. The van der Waals surface area contributed by atoms with E-state index < -0.39 is 0 Å². The van der Waals surface area contributed by atoms with Crippen molar-refractivity contribution in [2.45, 2.75) is 23.2 Å². The van der Waals surface area contributed by atoms with Crippen molar-refractivity contribution in [3.63, 3.8) is 0 Å². The Morgan fingerprint density at radius 3 is 2.68 bits per heavy atom. The zero-order valence-electron chi connectivity index (χ0n) is 10.5. The van der Waals surface area contributed by atoms with Gasteiger partial charge in [-0.3, -0.25) is 0 Å². The molecule has 2 aromatic heterocycles. The lowest BCUT2D eigenvalue weighted by Crippen LogP contribution is -2.21. The molecule has 0 aliphatic carbocycles. The van der Waals surface area contributed by atoms with Crippen molar-refractivity contribution in [2.75, 3.05) is 23.7 Å². The van der Waals surface area contributed by atoms with Gasteiger partial charge in [-0.15, -0.1) is 0 Å². The van der Waals surface area contributed by atoms with Crippen LogP contribution in [0, 0.1) is 0 Å². The number of aromatic nitrogens is 6. The topological polar surface area (TPSA) is 98.6 Å². The maximum absolute atomic E-state index is 5.75. The van der Waals surface area contributed by atoms with E-state index in [0.717, 1.165) is 31.1 Å². The normalized spacial score (nSPS) is 15.1. The third-order valence-corrected chi connectivity index (χ3v) is 3.78. The van der Waals surface area contributed by atoms with Crippen LogP contribution in [0.5, 0.6) is 0 Å². The fourth-order valence-corrected chi connectivity index (χ4v) is 2.63. The summed E-state index contributed by atoms with van der Waals surface area (Å²) in [5.74, 6) is 0.885. The molecule has 0 saturated carbocycles. The number of anilines is 2. The highest BCUT2D eigenvalue weighted by Gasteiger charge is 2.17. The molecule has 1 aliphatic heterocycles. The van der Waals surface area contributed by atoms with Gasteiger partial charge in [0.2, 0.25) is 17.1 Å². The second-order valence-corrected chi connectivity index (χ2v) is 5.17. The van der Waals surface area contributed by atoms with E-state index in [1.165, 1.54) is 18.1 Å². The summed E-state index contributed by atoms with van der Waals surface area (Å²) in [5.41, 5.74) is 5.75. The Kier molecular flexibility index (Phi) is 3.20. The molecule has 0 aromatic carbocycles. The zero-order chi connectivity index (χ0) is 13.2. The SMILES string of the molecule is Cn1ncnc1Sc1nc(N)nc(N2CCCC2)n1. The Labute approximate surface area is 114 Å². The van der Waals surface area contributed by atoms with Gasteiger partial charge in [-0.2, -0.15) is 20.1 Å². The molecule has 1 aliphatic rings. The molecule has 9 heteroatoms. The predicted octanol–water partition coefficient (Wildman–Crippen LogP) is 0.334. The summed E-state index contributed by atoms with van der Waals surface area (Å²) in [6.45, 7) is 1.94. The molecule has 1 saturated heterocycles. The summed E-state index contributed by atoms with van der Waals surface area (Å²) >= 11 is 1.33. The molecule has 19 heavy (non-hydrogen) atoms. The van der Waals surface area contributed by atoms with Gasteiger partial charge in [-0.1, -0.05) is 0 Å². The van der Waals surface area contributed by atoms with Crippen molar-refractivity contribution in [3.05, 3.63) is 6.33 Å². The molecule has 8 nitrogen and oxygen atoms in total. The number of hydrogen-bond donors (Lipinski definition) is 1. The summed E-state index contributed by atoms with van der Waals surface area (Å²) in [6, 6.07) is 0. The van der Waals surface area contributed by atoms with Crippen LogP contribution < -0.4 is 10.6 Å². The quantitative estimate of drug-likeness (QED) is 0.857. The number of rotatable bonds is 3. The second-order valence-electron chi connectivity index (χ2n) is 4.24. The molecule has 0 spiro atoms. The van der Waals surface area contributed by atoms with E-state index in [1.807, 2.05) is 7.05 Å². The highest BCUT2D eigenvalue weighted by atomic mass is 32.2. The highest BCUT2D eigenvalue weighted by molar-refractivity contribution is 7.99. The lowest BCUT2D eigenvalue weighted by Gasteiger charge is -2.15. The number of nitrogens with two attached hydrogens (primary N) is 1. The molecule has 0 atom stereocenters.